The van der Waals surface area contributed by atoms with Gasteiger partial charge in [-0.3, -0.25) is 9.69 Å². The van der Waals surface area contributed by atoms with E-state index in [2.05, 4.69) is 22.0 Å². The molecule has 0 saturated carbocycles. The Kier molecular flexibility index (Phi) is 13.1. The predicted octanol–water partition coefficient (Wildman–Crippen LogP) is 2.04. The standard InChI is InChI=1S/C17H33N3O2.2ClH/c1-3-22-13-12-19-8-10-20(11-9-19)17(21)14-15(2)16-4-6-18-7-5-16;;/h15-16,18H,3-14H2,1-2H3;2*1H. The molecule has 144 valence electrons. The summed E-state index contributed by atoms with van der Waals surface area (Å²) in [6, 6.07) is 0. The number of amides is 1. The minimum Gasteiger partial charge on any atom is -0.380 e. The fourth-order valence-electron chi connectivity index (χ4n) is 3.54. The predicted molar refractivity (Wildman–Crippen MR) is 103 cm³/mol. The number of nitrogens with zero attached hydrogens (tertiary/aromatic N) is 2. The van der Waals surface area contributed by atoms with Crippen molar-refractivity contribution in [1.29, 1.82) is 0 Å². The number of hydrogen-bond donors (Lipinski definition) is 1. The van der Waals surface area contributed by atoms with E-state index in [0.717, 1.165) is 71.4 Å². The number of ether oxygens (including phenoxy) is 1. The molecule has 1 amide bonds. The van der Waals surface area contributed by atoms with Gasteiger partial charge in [0.05, 0.1) is 6.61 Å². The Morgan fingerprint density at radius 2 is 1.79 bits per heavy atom. The molecule has 2 aliphatic heterocycles. The highest BCUT2D eigenvalue weighted by atomic mass is 35.5. The van der Waals surface area contributed by atoms with Gasteiger partial charge in [0.1, 0.15) is 0 Å². The molecule has 1 atom stereocenters. The second-order valence-corrected chi connectivity index (χ2v) is 6.69. The van der Waals surface area contributed by atoms with Crippen LogP contribution in [0.15, 0.2) is 0 Å². The van der Waals surface area contributed by atoms with Crippen LogP contribution in [0.5, 0.6) is 0 Å². The molecule has 0 radical (unpaired) electrons. The van der Waals surface area contributed by atoms with Gasteiger partial charge in [-0.2, -0.15) is 0 Å². The quantitative estimate of drug-likeness (QED) is 0.683. The van der Waals surface area contributed by atoms with Gasteiger partial charge in [-0.1, -0.05) is 6.92 Å². The van der Waals surface area contributed by atoms with E-state index in [1.54, 1.807) is 0 Å². The Morgan fingerprint density at radius 1 is 1.17 bits per heavy atom. The van der Waals surface area contributed by atoms with E-state index in [1.165, 1.54) is 12.8 Å². The lowest BCUT2D eigenvalue weighted by Crippen LogP contribution is -2.49. The van der Waals surface area contributed by atoms with Gasteiger partial charge < -0.3 is 15.0 Å². The van der Waals surface area contributed by atoms with E-state index in [-0.39, 0.29) is 24.8 Å². The maximum Gasteiger partial charge on any atom is 0.222 e. The molecule has 2 rings (SSSR count). The Bertz CT molecular complexity index is 334. The minimum absolute atomic E-state index is 0. The van der Waals surface area contributed by atoms with Crippen molar-refractivity contribution in [3.8, 4) is 0 Å². The SMILES string of the molecule is CCOCCN1CCN(C(=O)CC(C)C2CCNCC2)CC1.Cl.Cl. The van der Waals surface area contributed by atoms with Crippen molar-refractivity contribution >= 4 is 30.7 Å². The smallest absolute Gasteiger partial charge is 0.222 e. The van der Waals surface area contributed by atoms with Gasteiger partial charge in [-0.05, 0) is 44.7 Å². The monoisotopic (exact) mass is 383 g/mol. The van der Waals surface area contributed by atoms with Gasteiger partial charge in [0.2, 0.25) is 5.91 Å². The summed E-state index contributed by atoms with van der Waals surface area (Å²) in [6.07, 6.45) is 3.17. The Labute approximate surface area is 159 Å². The van der Waals surface area contributed by atoms with Gasteiger partial charge in [-0.25, -0.2) is 0 Å². The minimum atomic E-state index is 0. The summed E-state index contributed by atoms with van der Waals surface area (Å²) in [5.41, 5.74) is 0. The average molecular weight is 384 g/mol. The Morgan fingerprint density at radius 3 is 2.38 bits per heavy atom. The second kappa shape index (κ2) is 13.2. The first kappa shape index (κ1) is 23.9. The maximum atomic E-state index is 12.5. The van der Waals surface area contributed by atoms with Crippen molar-refractivity contribution in [2.24, 2.45) is 11.8 Å². The summed E-state index contributed by atoms with van der Waals surface area (Å²) in [5.74, 6) is 1.60. The van der Waals surface area contributed by atoms with E-state index in [1.807, 2.05) is 6.92 Å². The Hall–Kier alpha value is -0.0700. The normalized spacial score (nSPS) is 20.8. The van der Waals surface area contributed by atoms with Crippen LogP contribution in [-0.2, 0) is 9.53 Å². The first-order chi connectivity index (χ1) is 10.7. The van der Waals surface area contributed by atoms with Gasteiger partial charge >= 0.3 is 0 Å². The number of carbonyl (C=O) groups excluding carboxylic acids is 1. The molecule has 1 unspecified atom stereocenters. The number of piperidine rings is 1. The maximum absolute atomic E-state index is 12.5. The molecular weight excluding hydrogens is 349 g/mol. The van der Waals surface area contributed by atoms with Gasteiger partial charge in [-0.15, -0.1) is 24.8 Å². The summed E-state index contributed by atoms with van der Waals surface area (Å²) in [5, 5.41) is 3.40. The molecule has 0 aliphatic carbocycles. The van der Waals surface area contributed by atoms with Crippen molar-refractivity contribution in [2.75, 3.05) is 59.0 Å². The largest absolute Gasteiger partial charge is 0.380 e. The molecule has 0 aromatic heterocycles. The fourth-order valence-corrected chi connectivity index (χ4v) is 3.54. The molecule has 0 aromatic rings. The molecule has 2 aliphatic rings. The van der Waals surface area contributed by atoms with Crippen molar-refractivity contribution in [1.82, 2.24) is 15.1 Å². The van der Waals surface area contributed by atoms with E-state index in [9.17, 15) is 4.79 Å². The lowest BCUT2D eigenvalue weighted by Gasteiger charge is -2.36. The van der Waals surface area contributed by atoms with Crippen LogP contribution < -0.4 is 5.32 Å². The summed E-state index contributed by atoms with van der Waals surface area (Å²) in [6.45, 7) is 12.8. The topological polar surface area (TPSA) is 44.8 Å². The van der Waals surface area contributed by atoms with Crippen LogP contribution in [-0.4, -0.2) is 74.7 Å². The third-order valence-electron chi connectivity index (χ3n) is 5.17. The lowest BCUT2D eigenvalue weighted by molar-refractivity contribution is -0.134. The van der Waals surface area contributed by atoms with Gasteiger partial charge in [0, 0.05) is 45.8 Å². The van der Waals surface area contributed by atoms with Crippen molar-refractivity contribution in [3.05, 3.63) is 0 Å². The summed E-state index contributed by atoms with van der Waals surface area (Å²) in [4.78, 5) is 16.9. The molecule has 24 heavy (non-hydrogen) atoms. The van der Waals surface area contributed by atoms with Gasteiger partial charge in [0.15, 0.2) is 0 Å². The zero-order valence-electron chi connectivity index (χ0n) is 15.2. The van der Waals surface area contributed by atoms with Crippen LogP contribution in [0.25, 0.3) is 0 Å². The Balaban J connectivity index is 0.00000264. The highest BCUT2D eigenvalue weighted by Gasteiger charge is 2.26. The molecule has 7 heteroatoms. The molecule has 0 spiro atoms. The highest BCUT2D eigenvalue weighted by Crippen LogP contribution is 2.25. The molecule has 2 saturated heterocycles. The summed E-state index contributed by atoms with van der Waals surface area (Å²) < 4.78 is 5.40. The number of rotatable bonds is 7. The zero-order valence-corrected chi connectivity index (χ0v) is 16.8. The lowest BCUT2D eigenvalue weighted by atomic mass is 9.84. The van der Waals surface area contributed by atoms with Gasteiger partial charge in [0.25, 0.3) is 0 Å². The van der Waals surface area contributed by atoms with E-state index < -0.39 is 0 Å². The third-order valence-corrected chi connectivity index (χ3v) is 5.17. The molecule has 0 aromatic carbocycles. The first-order valence-corrected chi connectivity index (χ1v) is 8.99. The first-order valence-electron chi connectivity index (χ1n) is 8.99. The third kappa shape index (κ3) is 7.87. The molecule has 5 nitrogen and oxygen atoms in total. The van der Waals surface area contributed by atoms with Crippen LogP contribution in [0.3, 0.4) is 0 Å². The van der Waals surface area contributed by atoms with Crippen LogP contribution in [0, 0.1) is 11.8 Å². The van der Waals surface area contributed by atoms with Crippen LogP contribution in [0.4, 0.5) is 0 Å². The summed E-state index contributed by atoms with van der Waals surface area (Å²) >= 11 is 0. The molecule has 0 bridgehead atoms. The highest BCUT2D eigenvalue weighted by molar-refractivity contribution is 5.85. The molecule has 1 N–H and O–H groups in total. The summed E-state index contributed by atoms with van der Waals surface area (Å²) in [7, 11) is 0. The van der Waals surface area contributed by atoms with Crippen molar-refractivity contribution in [2.45, 2.75) is 33.1 Å². The second-order valence-electron chi connectivity index (χ2n) is 6.69. The number of nitrogens with one attached hydrogen (secondary N) is 1. The van der Waals surface area contributed by atoms with Crippen LogP contribution in [0.1, 0.15) is 33.1 Å². The van der Waals surface area contributed by atoms with Crippen LogP contribution in [0.2, 0.25) is 0 Å². The average Bonchev–Trinajstić information content (AvgIpc) is 2.56. The number of halogens is 2. The van der Waals surface area contributed by atoms with Crippen LogP contribution >= 0.6 is 24.8 Å². The van der Waals surface area contributed by atoms with E-state index >= 15 is 0 Å². The number of carbonyl (C=O) groups is 1. The molecular formula is C17H35Cl2N3O2. The number of piperazine rings is 1. The molecule has 2 fully saturated rings. The van der Waals surface area contributed by atoms with E-state index in [0.29, 0.717) is 11.8 Å². The van der Waals surface area contributed by atoms with Crippen molar-refractivity contribution < 1.29 is 9.53 Å². The van der Waals surface area contributed by atoms with Crippen molar-refractivity contribution in [3.63, 3.8) is 0 Å². The van der Waals surface area contributed by atoms with E-state index in [4.69, 9.17) is 4.74 Å². The number of hydrogen-bond acceptors (Lipinski definition) is 4. The molecule has 2 heterocycles. The zero-order chi connectivity index (χ0) is 15.8. The fraction of sp³-hybridized carbons (Fsp3) is 0.941.